The molecule has 1 aliphatic carbocycles. The highest BCUT2D eigenvalue weighted by Gasteiger charge is 2.30. The summed E-state index contributed by atoms with van der Waals surface area (Å²) in [6.45, 7) is 9.83. The summed E-state index contributed by atoms with van der Waals surface area (Å²) in [5.74, 6) is 2.13. The van der Waals surface area contributed by atoms with Crippen LogP contribution in [-0.4, -0.2) is 6.04 Å². The molecular formula is C18H28FN. The molecule has 1 aliphatic rings. The molecular weight excluding hydrogens is 249 g/mol. The lowest BCUT2D eigenvalue weighted by molar-refractivity contribution is 0.169. The third-order valence-electron chi connectivity index (χ3n) is 4.89. The van der Waals surface area contributed by atoms with Crippen LogP contribution < -0.4 is 5.32 Å². The molecule has 0 aromatic heterocycles. The van der Waals surface area contributed by atoms with Crippen LogP contribution in [0.1, 0.15) is 51.2 Å². The topological polar surface area (TPSA) is 12.0 Å². The summed E-state index contributed by atoms with van der Waals surface area (Å²) >= 11 is 0. The predicted octanol–water partition coefficient (Wildman–Crippen LogP) is 4.68. The second-order valence-electron chi connectivity index (χ2n) is 6.88. The van der Waals surface area contributed by atoms with Crippen molar-refractivity contribution in [3.05, 3.63) is 35.1 Å². The van der Waals surface area contributed by atoms with Crippen LogP contribution in [0.4, 0.5) is 4.39 Å². The van der Waals surface area contributed by atoms with Gasteiger partial charge in [0.05, 0.1) is 0 Å². The van der Waals surface area contributed by atoms with Gasteiger partial charge in [-0.2, -0.15) is 0 Å². The lowest BCUT2D eigenvalue weighted by Gasteiger charge is -2.38. The molecule has 0 heterocycles. The largest absolute Gasteiger partial charge is 0.310 e. The summed E-state index contributed by atoms with van der Waals surface area (Å²) < 4.78 is 13.4. The minimum atomic E-state index is -0.134. The monoisotopic (exact) mass is 277 g/mol. The van der Waals surface area contributed by atoms with Gasteiger partial charge in [0.2, 0.25) is 0 Å². The molecule has 3 atom stereocenters. The van der Waals surface area contributed by atoms with E-state index in [2.05, 4.69) is 33.0 Å². The molecule has 112 valence electrons. The lowest BCUT2D eigenvalue weighted by atomic mass is 9.74. The predicted molar refractivity (Wildman–Crippen MR) is 83.1 cm³/mol. The van der Waals surface area contributed by atoms with E-state index < -0.39 is 0 Å². The summed E-state index contributed by atoms with van der Waals surface area (Å²) in [5.41, 5.74) is 2.26. The number of halogens is 1. The average molecular weight is 277 g/mol. The zero-order chi connectivity index (χ0) is 14.7. The number of rotatable bonds is 4. The SMILES string of the molecule is Cc1ccc(F)cc1CNC1CC(C)CCC1C(C)C. The van der Waals surface area contributed by atoms with Gasteiger partial charge in [0.15, 0.2) is 0 Å². The highest BCUT2D eigenvalue weighted by molar-refractivity contribution is 5.26. The molecule has 0 amide bonds. The van der Waals surface area contributed by atoms with Crippen LogP contribution in [-0.2, 0) is 6.54 Å². The number of benzene rings is 1. The van der Waals surface area contributed by atoms with E-state index in [1.165, 1.54) is 24.8 Å². The van der Waals surface area contributed by atoms with Gasteiger partial charge in [-0.3, -0.25) is 0 Å². The number of hydrogen-bond donors (Lipinski definition) is 1. The third-order valence-corrected chi connectivity index (χ3v) is 4.89. The lowest BCUT2D eigenvalue weighted by Crippen LogP contribution is -2.42. The summed E-state index contributed by atoms with van der Waals surface area (Å²) in [6, 6.07) is 5.65. The van der Waals surface area contributed by atoms with Crippen molar-refractivity contribution < 1.29 is 4.39 Å². The first kappa shape index (κ1) is 15.5. The zero-order valence-electron chi connectivity index (χ0n) is 13.2. The van der Waals surface area contributed by atoms with Crippen molar-refractivity contribution in [2.45, 2.75) is 59.5 Å². The molecule has 1 saturated carbocycles. The second-order valence-corrected chi connectivity index (χ2v) is 6.88. The Labute approximate surface area is 123 Å². The fourth-order valence-corrected chi connectivity index (χ4v) is 3.51. The Balaban J connectivity index is 2.01. The molecule has 0 bridgehead atoms. The van der Waals surface area contributed by atoms with Gasteiger partial charge >= 0.3 is 0 Å². The van der Waals surface area contributed by atoms with Gasteiger partial charge in [-0.1, -0.05) is 33.3 Å². The first-order chi connectivity index (χ1) is 9.47. The maximum atomic E-state index is 13.4. The molecule has 2 heteroatoms. The van der Waals surface area contributed by atoms with E-state index in [1.807, 2.05) is 6.07 Å². The maximum absolute atomic E-state index is 13.4. The van der Waals surface area contributed by atoms with Gasteiger partial charge < -0.3 is 5.32 Å². The fraction of sp³-hybridized carbons (Fsp3) is 0.667. The highest BCUT2D eigenvalue weighted by Crippen LogP contribution is 2.33. The summed E-state index contributed by atoms with van der Waals surface area (Å²) in [6.07, 6.45) is 3.91. The van der Waals surface area contributed by atoms with Gasteiger partial charge in [-0.15, -0.1) is 0 Å². The average Bonchev–Trinajstić information content (AvgIpc) is 2.39. The zero-order valence-corrected chi connectivity index (χ0v) is 13.2. The normalized spacial score (nSPS) is 27.0. The van der Waals surface area contributed by atoms with E-state index in [9.17, 15) is 4.39 Å². The van der Waals surface area contributed by atoms with Crippen LogP contribution in [0.25, 0.3) is 0 Å². The van der Waals surface area contributed by atoms with E-state index >= 15 is 0 Å². The summed E-state index contributed by atoms with van der Waals surface area (Å²) in [7, 11) is 0. The van der Waals surface area contributed by atoms with E-state index in [-0.39, 0.29) is 5.82 Å². The van der Waals surface area contributed by atoms with Crippen molar-refractivity contribution in [1.82, 2.24) is 5.32 Å². The molecule has 0 saturated heterocycles. The van der Waals surface area contributed by atoms with E-state index in [4.69, 9.17) is 0 Å². The quantitative estimate of drug-likeness (QED) is 0.842. The van der Waals surface area contributed by atoms with Crippen molar-refractivity contribution in [3.8, 4) is 0 Å². The smallest absolute Gasteiger partial charge is 0.123 e. The van der Waals surface area contributed by atoms with Crippen molar-refractivity contribution in [1.29, 1.82) is 0 Å². The van der Waals surface area contributed by atoms with Crippen LogP contribution in [0.15, 0.2) is 18.2 Å². The van der Waals surface area contributed by atoms with E-state index in [1.54, 1.807) is 12.1 Å². The van der Waals surface area contributed by atoms with Gasteiger partial charge in [-0.05, 0) is 60.8 Å². The fourth-order valence-electron chi connectivity index (χ4n) is 3.51. The van der Waals surface area contributed by atoms with Crippen molar-refractivity contribution >= 4 is 0 Å². The summed E-state index contributed by atoms with van der Waals surface area (Å²) in [4.78, 5) is 0. The van der Waals surface area contributed by atoms with E-state index in [0.29, 0.717) is 12.0 Å². The Kier molecular flexibility index (Phi) is 5.20. The Morgan fingerprint density at radius 1 is 1.30 bits per heavy atom. The molecule has 2 rings (SSSR count). The molecule has 1 aromatic carbocycles. The minimum absolute atomic E-state index is 0.134. The maximum Gasteiger partial charge on any atom is 0.123 e. The second kappa shape index (κ2) is 6.71. The van der Waals surface area contributed by atoms with Gasteiger partial charge in [-0.25, -0.2) is 4.39 Å². The minimum Gasteiger partial charge on any atom is -0.310 e. The van der Waals surface area contributed by atoms with Crippen molar-refractivity contribution in [2.75, 3.05) is 0 Å². The van der Waals surface area contributed by atoms with Gasteiger partial charge in [0.25, 0.3) is 0 Å². The third kappa shape index (κ3) is 3.82. The molecule has 0 radical (unpaired) electrons. The van der Waals surface area contributed by atoms with Crippen LogP contribution in [0, 0.1) is 30.5 Å². The van der Waals surface area contributed by atoms with E-state index in [0.717, 1.165) is 23.9 Å². The molecule has 1 fully saturated rings. The number of nitrogens with one attached hydrogen (secondary N) is 1. The highest BCUT2D eigenvalue weighted by atomic mass is 19.1. The van der Waals surface area contributed by atoms with Crippen LogP contribution in [0.5, 0.6) is 0 Å². The molecule has 1 nitrogen and oxygen atoms in total. The molecule has 1 aromatic rings. The Morgan fingerprint density at radius 3 is 2.75 bits per heavy atom. The van der Waals surface area contributed by atoms with Gasteiger partial charge in [0.1, 0.15) is 5.82 Å². The molecule has 3 unspecified atom stereocenters. The molecule has 20 heavy (non-hydrogen) atoms. The Morgan fingerprint density at radius 2 is 2.05 bits per heavy atom. The summed E-state index contributed by atoms with van der Waals surface area (Å²) in [5, 5.41) is 3.70. The Hall–Kier alpha value is -0.890. The number of aryl methyl sites for hydroxylation is 1. The van der Waals surface area contributed by atoms with Crippen LogP contribution in [0.2, 0.25) is 0 Å². The first-order valence-corrected chi connectivity index (χ1v) is 7.95. The standard InChI is InChI=1S/C18H28FN/c1-12(2)17-8-5-13(3)9-18(17)20-11-15-10-16(19)7-6-14(15)4/h6-7,10,12-13,17-18,20H,5,8-9,11H2,1-4H3. The number of hydrogen-bond acceptors (Lipinski definition) is 1. The molecule has 0 aliphatic heterocycles. The van der Waals surface area contributed by atoms with Crippen molar-refractivity contribution in [3.63, 3.8) is 0 Å². The van der Waals surface area contributed by atoms with Crippen molar-refractivity contribution in [2.24, 2.45) is 17.8 Å². The first-order valence-electron chi connectivity index (χ1n) is 7.95. The van der Waals surface area contributed by atoms with Crippen LogP contribution >= 0.6 is 0 Å². The van der Waals surface area contributed by atoms with Gasteiger partial charge in [0, 0.05) is 12.6 Å². The Bertz CT molecular complexity index is 441. The van der Waals surface area contributed by atoms with Crippen LogP contribution in [0.3, 0.4) is 0 Å². The molecule has 1 N–H and O–H groups in total. The molecule has 0 spiro atoms.